The van der Waals surface area contributed by atoms with Crippen molar-refractivity contribution >= 4 is 15.9 Å². The predicted molar refractivity (Wildman–Crippen MR) is 71.2 cm³/mol. The molecule has 0 amide bonds. The summed E-state index contributed by atoms with van der Waals surface area (Å²) in [4.78, 5) is 0. The Labute approximate surface area is 114 Å². The van der Waals surface area contributed by atoms with Gasteiger partial charge < -0.3 is 5.11 Å². The average Bonchev–Trinajstić information content (AvgIpc) is 2.82. The van der Waals surface area contributed by atoms with Crippen molar-refractivity contribution in [1.82, 2.24) is 15.0 Å². The second kappa shape index (κ2) is 3.90. The van der Waals surface area contributed by atoms with Crippen LogP contribution < -0.4 is 0 Å². The van der Waals surface area contributed by atoms with Crippen LogP contribution >= 0.6 is 15.9 Å². The molecule has 18 heavy (non-hydrogen) atoms. The summed E-state index contributed by atoms with van der Waals surface area (Å²) >= 11 is 3.38. The fraction of sp³-hybridized carbons (Fsp3) is 0.385. The third-order valence-electron chi connectivity index (χ3n) is 3.64. The maximum Gasteiger partial charge on any atom is 0.154 e. The summed E-state index contributed by atoms with van der Waals surface area (Å²) in [5.41, 5.74) is 3.08. The van der Waals surface area contributed by atoms with Gasteiger partial charge in [0, 0.05) is 7.05 Å². The molecular formula is C13H14BrN3O. The van der Waals surface area contributed by atoms with Gasteiger partial charge in [-0.05, 0) is 46.8 Å². The summed E-state index contributed by atoms with van der Waals surface area (Å²) < 4.78 is 2.25. The molecule has 0 radical (unpaired) electrons. The quantitative estimate of drug-likeness (QED) is 0.877. The molecule has 1 aromatic heterocycles. The summed E-state index contributed by atoms with van der Waals surface area (Å²) in [7, 11) is 1.80. The smallest absolute Gasteiger partial charge is 0.154 e. The van der Waals surface area contributed by atoms with E-state index in [0.717, 1.165) is 23.2 Å². The molecule has 0 fully saturated rings. The topological polar surface area (TPSA) is 50.9 Å². The molecule has 1 aliphatic carbocycles. The SMILES string of the molecule is Cc1ccc2c(c1)C(O)(c1c(Br)nnn1C)CC2. The summed E-state index contributed by atoms with van der Waals surface area (Å²) in [5.74, 6) is 0. The van der Waals surface area contributed by atoms with E-state index in [1.807, 2.05) is 6.92 Å². The van der Waals surface area contributed by atoms with Gasteiger partial charge >= 0.3 is 0 Å². The highest BCUT2D eigenvalue weighted by molar-refractivity contribution is 9.10. The van der Waals surface area contributed by atoms with E-state index < -0.39 is 5.60 Å². The van der Waals surface area contributed by atoms with E-state index in [1.165, 1.54) is 5.56 Å². The lowest BCUT2D eigenvalue weighted by Crippen LogP contribution is -2.27. The minimum Gasteiger partial charge on any atom is -0.379 e. The first-order valence-electron chi connectivity index (χ1n) is 5.90. The van der Waals surface area contributed by atoms with Crippen molar-refractivity contribution in [1.29, 1.82) is 0 Å². The Balaban J connectivity index is 2.23. The van der Waals surface area contributed by atoms with Gasteiger partial charge in [-0.1, -0.05) is 29.0 Å². The predicted octanol–water partition coefficient (Wildman–Crippen LogP) is 2.07. The molecule has 0 spiro atoms. The number of nitrogens with zero attached hydrogens (tertiary/aromatic N) is 3. The van der Waals surface area contributed by atoms with Gasteiger partial charge in [0.1, 0.15) is 11.3 Å². The first-order chi connectivity index (χ1) is 8.52. The van der Waals surface area contributed by atoms with Crippen LogP contribution in [0.5, 0.6) is 0 Å². The molecule has 0 saturated heterocycles. The molecule has 2 aromatic rings. The van der Waals surface area contributed by atoms with Crippen molar-refractivity contribution in [2.75, 3.05) is 0 Å². The Morgan fingerprint density at radius 3 is 2.89 bits per heavy atom. The van der Waals surface area contributed by atoms with Gasteiger partial charge in [-0.3, -0.25) is 0 Å². The van der Waals surface area contributed by atoms with Crippen molar-refractivity contribution in [2.45, 2.75) is 25.4 Å². The number of fused-ring (bicyclic) bond motifs is 1. The number of aryl methyl sites for hydroxylation is 3. The molecule has 5 heteroatoms. The van der Waals surface area contributed by atoms with E-state index in [2.05, 4.69) is 44.4 Å². The van der Waals surface area contributed by atoms with E-state index >= 15 is 0 Å². The molecule has 94 valence electrons. The highest BCUT2D eigenvalue weighted by atomic mass is 79.9. The number of benzene rings is 1. The minimum atomic E-state index is -0.988. The van der Waals surface area contributed by atoms with Crippen molar-refractivity contribution < 1.29 is 5.11 Å². The lowest BCUT2D eigenvalue weighted by Gasteiger charge is -2.24. The molecule has 0 saturated carbocycles. The molecule has 4 nitrogen and oxygen atoms in total. The second-order valence-corrected chi connectivity index (χ2v) is 5.62. The van der Waals surface area contributed by atoms with Gasteiger partial charge in [-0.2, -0.15) is 0 Å². The zero-order valence-corrected chi connectivity index (χ0v) is 11.9. The minimum absolute atomic E-state index is 0.613. The number of hydrogen-bond acceptors (Lipinski definition) is 3. The van der Waals surface area contributed by atoms with Crippen LogP contribution in [0.4, 0.5) is 0 Å². The largest absolute Gasteiger partial charge is 0.379 e. The molecule has 1 aromatic carbocycles. The van der Waals surface area contributed by atoms with E-state index in [9.17, 15) is 5.11 Å². The Bertz CT molecular complexity index is 603. The monoisotopic (exact) mass is 307 g/mol. The van der Waals surface area contributed by atoms with Gasteiger partial charge in [-0.25, -0.2) is 4.68 Å². The third kappa shape index (κ3) is 1.54. The van der Waals surface area contributed by atoms with Gasteiger partial charge in [0.25, 0.3) is 0 Å². The zero-order chi connectivity index (χ0) is 12.9. The molecule has 1 N–H and O–H groups in total. The molecule has 1 aliphatic rings. The Morgan fingerprint density at radius 1 is 1.44 bits per heavy atom. The number of hydrogen-bond donors (Lipinski definition) is 1. The number of halogens is 1. The Kier molecular flexibility index (Phi) is 2.57. The van der Waals surface area contributed by atoms with E-state index in [1.54, 1.807) is 11.7 Å². The van der Waals surface area contributed by atoms with Gasteiger partial charge in [0.05, 0.1) is 0 Å². The summed E-state index contributed by atoms with van der Waals surface area (Å²) in [6.07, 6.45) is 1.55. The lowest BCUT2D eigenvalue weighted by molar-refractivity contribution is 0.0732. The molecule has 0 bridgehead atoms. The third-order valence-corrected chi connectivity index (χ3v) is 4.18. The first-order valence-corrected chi connectivity index (χ1v) is 6.70. The molecule has 1 atom stereocenters. The summed E-state index contributed by atoms with van der Waals surface area (Å²) in [5, 5.41) is 19.0. The normalized spacial score (nSPS) is 22.2. The van der Waals surface area contributed by atoms with Crippen LogP contribution in [0, 0.1) is 6.92 Å². The standard InChI is InChI=1S/C13H14BrN3O/c1-8-3-4-9-5-6-13(18,10(9)7-8)11-12(14)15-16-17(11)2/h3-4,7,18H,5-6H2,1-2H3. The Morgan fingerprint density at radius 2 is 2.22 bits per heavy atom. The number of aliphatic hydroxyl groups is 1. The van der Waals surface area contributed by atoms with Crippen LogP contribution in [-0.4, -0.2) is 20.1 Å². The van der Waals surface area contributed by atoms with Crippen LogP contribution in [0.25, 0.3) is 0 Å². The lowest BCUT2D eigenvalue weighted by atomic mass is 9.91. The van der Waals surface area contributed by atoms with E-state index in [-0.39, 0.29) is 0 Å². The second-order valence-electron chi connectivity index (χ2n) is 4.87. The van der Waals surface area contributed by atoms with Crippen LogP contribution in [0.1, 0.15) is 28.8 Å². The zero-order valence-electron chi connectivity index (χ0n) is 10.3. The van der Waals surface area contributed by atoms with Gasteiger partial charge in [0.15, 0.2) is 4.60 Å². The van der Waals surface area contributed by atoms with Crippen LogP contribution in [0.2, 0.25) is 0 Å². The molecule has 1 heterocycles. The fourth-order valence-corrected chi connectivity index (χ4v) is 3.42. The number of rotatable bonds is 1. The van der Waals surface area contributed by atoms with Crippen LogP contribution in [0.15, 0.2) is 22.8 Å². The van der Waals surface area contributed by atoms with E-state index in [0.29, 0.717) is 11.0 Å². The van der Waals surface area contributed by atoms with Crippen LogP contribution in [0.3, 0.4) is 0 Å². The summed E-state index contributed by atoms with van der Waals surface area (Å²) in [6.45, 7) is 2.04. The highest BCUT2D eigenvalue weighted by Crippen LogP contribution is 2.43. The molecule has 1 unspecified atom stereocenters. The molecular weight excluding hydrogens is 294 g/mol. The van der Waals surface area contributed by atoms with Gasteiger partial charge in [0.2, 0.25) is 0 Å². The van der Waals surface area contributed by atoms with E-state index in [4.69, 9.17) is 0 Å². The highest BCUT2D eigenvalue weighted by Gasteiger charge is 2.42. The van der Waals surface area contributed by atoms with Crippen molar-refractivity contribution in [2.24, 2.45) is 7.05 Å². The van der Waals surface area contributed by atoms with Crippen molar-refractivity contribution in [3.8, 4) is 0 Å². The van der Waals surface area contributed by atoms with Crippen molar-refractivity contribution in [3.05, 3.63) is 45.2 Å². The van der Waals surface area contributed by atoms with Crippen molar-refractivity contribution in [3.63, 3.8) is 0 Å². The maximum absolute atomic E-state index is 11.1. The molecule has 3 rings (SSSR count). The molecule has 0 aliphatic heterocycles. The van der Waals surface area contributed by atoms with Crippen LogP contribution in [-0.2, 0) is 19.1 Å². The Hall–Kier alpha value is -1.20. The van der Waals surface area contributed by atoms with Gasteiger partial charge in [-0.15, -0.1) is 5.10 Å². The average molecular weight is 308 g/mol. The maximum atomic E-state index is 11.1. The first kappa shape index (κ1) is 11.9. The number of aromatic nitrogens is 3. The fourth-order valence-electron chi connectivity index (χ4n) is 2.76. The summed E-state index contributed by atoms with van der Waals surface area (Å²) in [6, 6.07) is 6.24.